The first-order valence-corrected chi connectivity index (χ1v) is 17.1. The monoisotopic (exact) mass is 652 g/mol. The van der Waals surface area contributed by atoms with Gasteiger partial charge in [0.2, 0.25) is 0 Å². The number of benzene rings is 6. The van der Waals surface area contributed by atoms with Crippen LogP contribution in [0.5, 0.6) is 0 Å². The van der Waals surface area contributed by atoms with Gasteiger partial charge in [0.15, 0.2) is 0 Å². The molecule has 0 spiro atoms. The van der Waals surface area contributed by atoms with E-state index >= 15 is 0 Å². The lowest BCUT2D eigenvalue weighted by Gasteiger charge is -2.10. The molecule has 5 aromatic heterocycles. The van der Waals surface area contributed by atoms with Gasteiger partial charge in [-0.05, 0) is 90.0 Å². The topological polar surface area (TPSA) is 48.8 Å². The van der Waals surface area contributed by atoms with Crippen molar-refractivity contribution in [2.75, 3.05) is 0 Å². The number of furan rings is 1. The van der Waals surface area contributed by atoms with Crippen molar-refractivity contribution < 1.29 is 4.42 Å². The fraction of sp³-hybridized carbons (Fsp3) is 0. The number of aromatic nitrogens is 4. The van der Waals surface area contributed by atoms with Crippen LogP contribution in [0.1, 0.15) is 0 Å². The van der Waals surface area contributed by atoms with E-state index in [9.17, 15) is 0 Å². The van der Waals surface area contributed by atoms with Gasteiger partial charge in [0, 0.05) is 56.1 Å². The van der Waals surface area contributed by atoms with Crippen molar-refractivity contribution in [1.29, 1.82) is 0 Å². The zero-order valence-corrected chi connectivity index (χ0v) is 27.4. The van der Waals surface area contributed by atoms with Gasteiger partial charge in [-0.3, -0.25) is 9.97 Å². The van der Waals surface area contributed by atoms with E-state index in [1.807, 2.05) is 12.4 Å². The van der Waals surface area contributed by atoms with E-state index in [0.717, 1.165) is 55.8 Å². The largest absolute Gasteiger partial charge is 0.456 e. The molecule has 0 aliphatic heterocycles. The molecule has 11 rings (SSSR count). The number of hydrogen-bond acceptors (Lipinski definition) is 3. The van der Waals surface area contributed by atoms with Crippen LogP contribution in [0.2, 0.25) is 0 Å². The van der Waals surface area contributed by atoms with Gasteiger partial charge in [-0.2, -0.15) is 0 Å². The molecule has 0 unspecified atom stereocenters. The number of rotatable bonds is 4. The van der Waals surface area contributed by atoms with Crippen LogP contribution in [0.25, 0.3) is 99.4 Å². The first-order chi connectivity index (χ1) is 25.3. The second-order valence-corrected chi connectivity index (χ2v) is 13.1. The molecule has 5 heteroatoms. The summed E-state index contributed by atoms with van der Waals surface area (Å²) in [5.41, 5.74) is 12.4. The summed E-state index contributed by atoms with van der Waals surface area (Å²) in [4.78, 5) is 9.56. The smallest absolute Gasteiger partial charge is 0.135 e. The molecule has 6 aromatic carbocycles. The number of nitrogens with zero attached hydrogens (tertiary/aromatic N) is 4. The van der Waals surface area contributed by atoms with Gasteiger partial charge < -0.3 is 13.6 Å². The molecule has 0 amide bonds. The fourth-order valence-electron chi connectivity index (χ4n) is 7.93. The van der Waals surface area contributed by atoms with E-state index in [1.165, 1.54) is 43.6 Å². The molecule has 0 bridgehead atoms. The minimum atomic E-state index is 0.820. The lowest BCUT2D eigenvalue weighted by atomic mass is 10.0. The van der Waals surface area contributed by atoms with Crippen molar-refractivity contribution in [3.63, 3.8) is 0 Å². The maximum absolute atomic E-state index is 6.36. The molecule has 0 aliphatic rings. The number of fused-ring (bicyclic) bond motifs is 9. The van der Waals surface area contributed by atoms with Crippen LogP contribution in [-0.4, -0.2) is 19.1 Å². The lowest BCUT2D eigenvalue weighted by Crippen LogP contribution is -1.96. The summed E-state index contributed by atoms with van der Waals surface area (Å²) in [5.74, 6) is 0. The Balaban J connectivity index is 1.02. The maximum Gasteiger partial charge on any atom is 0.135 e. The molecule has 51 heavy (non-hydrogen) atoms. The average Bonchev–Trinajstić information content (AvgIpc) is 3.85. The van der Waals surface area contributed by atoms with Gasteiger partial charge in [-0.1, -0.05) is 78.9 Å². The summed E-state index contributed by atoms with van der Waals surface area (Å²) < 4.78 is 11.0. The van der Waals surface area contributed by atoms with Crippen LogP contribution in [0.15, 0.2) is 175 Å². The quantitative estimate of drug-likeness (QED) is 0.190. The summed E-state index contributed by atoms with van der Waals surface area (Å²) in [6.07, 6.45) is 3.75. The van der Waals surface area contributed by atoms with Crippen LogP contribution in [0.4, 0.5) is 0 Å². The minimum absolute atomic E-state index is 0.820. The molecular formula is C46H28N4O. The van der Waals surface area contributed by atoms with Gasteiger partial charge in [0.05, 0.1) is 33.5 Å². The SMILES string of the molecule is c1ccc2c(c1)c1ccccc1n2-c1ccnc(-c2cc(-c3ccc4oc5ccc(-n6c7ccccc7c7ccccc76)cc5c4c3)ccn2)c1. The molecule has 0 saturated carbocycles. The van der Waals surface area contributed by atoms with E-state index in [1.54, 1.807) is 0 Å². The van der Waals surface area contributed by atoms with Crippen molar-refractivity contribution in [3.05, 3.63) is 170 Å². The van der Waals surface area contributed by atoms with Crippen LogP contribution in [0.3, 0.4) is 0 Å². The third kappa shape index (κ3) is 4.22. The summed E-state index contributed by atoms with van der Waals surface area (Å²) >= 11 is 0. The van der Waals surface area contributed by atoms with E-state index in [0.29, 0.717) is 0 Å². The standard InChI is InChI=1S/C46H28N4O/c1-5-13-41-33(9-1)34-10-2-6-14-42(34)49(41)31-18-20-46-38(27-31)37-25-29(17-19-45(37)51-46)30-21-23-47-39(26-30)40-28-32(22-24-48-40)50-43-15-7-3-11-35(43)36-12-4-8-16-44(36)50/h1-28H. The third-order valence-corrected chi connectivity index (χ3v) is 10.2. The molecule has 5 heterocycles. The van der Waals surface area contributed by atoms with Crippen molar-refractivity contribution in [2.45, 2.75) is 0 Å². The molecule has 238 valence electrons. The van der Waals surface area contributed by atoms with Crippen LogP contribution >= 0.6 is 0 Å². The molecule has 5 nitrogen and oxygen atoms in total. The zero-order valence-electron chi connectivity index (χ0n) is 27.4. The number of para-hydroxylation sites is 4. The van der Waals surface area contributed by atoms with Crippen molar-refractivity contribution in [3.8, 4) is 33.9 Å². The van der Waals surface area contributed by atoms with Crippen LogP contribution < -0.4 is 0 Å². The highest BCUT2D eigenvalue weighted by Gasteiger charge is 2.16. The van der Waals surface area contributed by atoms with Crippen LogP contribution in [-0.2, 0) is 0 Å². The summed E-state index contributed by atoms with van der Waals surface area (Å²) in [5, 5.41) is 7.12. The second kappa shape index (κ2) is 10.8. The van der Waals surface area contributed by atoms with Gasteiger partial charge in [0.1, 0.15) is 11.2 Å². The highest BCUT2D eigenvalue weighted by atomic mass is 16.3. The molecule has 11 aromatic rings. The van der Waals surface area contributed by atoms with E-state index < -0.39 is 0 Å². The van der Waals surface area contributed by atoms with Gasteiger partial charge in [-0.15, -0.1) is 0 Å². The molecule has 0 atom stereocenters. The van der Waals surface area contributed by atoms with Crippen LogP contribution in [0, 0.1) is 0 Å². The maximum atomic E-state index is 6.36. The molecule has 0 radical (unpaired) electrons. The third-order valence-electron chi connectivity index (χ3n) is 10.2. The Morgan fingerprint density at radius 2 is 0.804 bits per heavy atom. The first kappa shape index (κ1) is 27.9. The molecule has 0 N–H and O–H groups in total. The van der Waals surface area contributed by atoms with Crippen molar-refractivity contribution in [2.24, 2.45) is 0 Å². The van der Waals surface area contributed by atoms with E-state index in [-0.39, 0.29) is 0 Å². The van der Waals surface area contributed by atoms with Crippen molar-refractivity contribution in [1.82, 2.24) is 19.1 Å². The fourth-order valence-corrected chi connectivity index (χ4v) is 7.93. The lowest BCUT2D eigenvalue weighted by molar-refractivity contribution is 0.669. The summed E-state index contributed by atoms with van der Waals surface area (Å²) in [6.45, 7) is 0. The predicted octanol–water partition coefficient (Wildman–Crippen LogP) is 11.9. The number of hydrogen-bond donors (Lipinski definition) is 0. The molecule has 0 fully saturated rings. The Labute approximate surface area is 292 Å². The molecular weight excluding hydrogens is 625 g/mol. The van der Waals surface area contributed by atoms with E-state index in [4.69, 9.17) is 14.4 Å². The second-order valence-electron chi connectivity index (χ2n) is 13.1. The predicted molar refractivity (Wildman–Crippen MR) is 209 cm³/mol. The Morgan fingerprint density at radius 3 is 1.39 bits per heavy atom. The Kier molecular flexibility index (Phi) is 5.89. The van der Waals surface area contributed by atoms with Gasteiger partial charge in [0.25, 0.3) is 0 Å². The van der Waals surface area contributed by atoms with E-state index in [2.05, 4.69) is 167 Å². The molecule has 0 saturated heterocycles. The Hall–Kier alpha value is -6.98. The highest BCUT2D eigenvalue weighted by Crippen LogP contribution is 2.38. The van der Waals surface area contributed by atoms with Gasteiger partial charge in [-0.25, -0.2) is 0 Å². The summed E-state index contributed by atoms with van der Waals surface area (Å²) in [7, 11) is 0. The normalized spacial score (nSPS) is 11.9. The van der Waals surface area contributed by atoms with Crippen molar-refractivity contribution >= 4 is 65.6 Å². The van der Waals surface area contributed by atoms with Gasteiger partial charge >= 0.3 is 0 Å². The number of pyridine rings is 2. The molecule has 0 aliphatic carbocycles. The average molecular weight is 653 g/mol. The Bertz CT molecular complexity index is 3060. The summed E-state index contributed by atoms with van der Waals surface area (Å²) in [6, 6.07) is 55.7. The Morgan fingerprint density at radius 1 is 0.353 bits per heavy atom. The minimum Gasteiger partial charge on any atom is -0.456 e. The highest BCUT2D eigenvalue weighted by molar-refractivity contribution is 6.11. The first-order valence-electron chi connectivity index (χ1n) is 17.1. The zero-order chi connectivity index (χ0) is 33.5.